The van der Waals surface area contributed by atoms with E-state index in [9.17, 15) is 9.59 Å². The van der Waals surface area contributed by atoms with Crippen molar-refractivity contribution in [1.29, 1.82) is 0 Å². The number of benzene rings is 1. The first-order valence-electron chi connectivity index (χ1n) is 5.96. The highest BCUT2D eigenvalue weighted by atomic mass is 16.2. The van der Waals surface area contributed by atoms with Crippen LogP contribution in [0.25, 0.3) is 0 Å². The van der Waals surface area contributed by atoms with Crippen molar-refractivity contribution in [3.8, 4) is 0 Å². The van der Waals surface area contributed by atoms with Gasteiger partial charge in [-0.3, -0.25) is 9.59 Å². The van der Waals surface area contributed by atoms with Crippen molar-refractivity contribution in [3.05, 3.63) is 23.8 Å². The molecule has 0 aliphatic carbocycles. The van der Waals surface area contributed by atoms with Crippen LogP contribution in [0.3, 0.4) is 0 Å². The van der Waals surface area contributed by atoms with Gasteiger partial charge in [0.15, 0.2) is 0 Å². The van der Waals surface area contributed by atoms with Crippen LogP contribution in [0.4, 0.5) is 11.4 Å². The smallest absolute Gasteiger partial charge is 0.230 e. The van der Waals surface area contributed by atoms with E-state index < -0.39 is 0 Å². The second-order valence-electron chi connectivity index (χ2n) is 4.56. The molecule has 0 atom stereocenters. The summed E-state index contributed by atoms with van der Waals surface area (Å²) in [7, 11) is 0. The van der Waals surface area contributed by atoms with Gasteiger partial charge in [0.1, 0.15) is 0 Å². The van der Waals surface area contributed by atoms with Crippen LogP contribution < -0.4 is 16.0 Å². The van der Waals surface area contributed by atoms with Gasteiger partial charge in [-0.15, -0.1) is 0 Å². The molecule has 0 unspecified atom stereocenters. The Morgan fingerprint density at radius 1 is 1.28 bits per heavy atom. The van der Waals surface area contributed by atoms with Crippen molar-refractivity contribution in [2.75, 3.05) is 23.7 Å². The molecule has 0 aromatic heterocycles. The molecule has 96 valence electrons. The third kappa shape index (κ3) is 2.87. The molecule has 5 nitrogen and oxygen atoms in total. The lowest BCUT2D eigenvalue weighted by atomic mass is 10.0. The summed E-state index contributed by atoms with van der Waals surface area (Å²) in [6, 6.07) is 5.45. The van der Waals surface area contributed by atoms with Gasteiger partial charge in [-0.25, -0.2) is 0 Å². The van der Waals surface area contributed by atoms with Crippen molar-refractivity contribution in [3.63, 3.8) is 0 Å². The lowest BCUT2D eigenvalue weighted by Crippen LogP contribution is -2.48. The third-order valence-corrected chi connectivity index (χ3v) is 2.96. The predicted molar refractivity (Wildman–Crippen MR) is 70.5 cm³/mol. The fraction of sp³-hybridized carbons (Fsp3) is 0.385. The molecule has 1 aliphatic heterocycles. The van der Waals surface area contributed by atoms with Crippen molar-refractivity contribution in [1.82, 2.24) is 5.32 Å². The maximum Gasteiger partial charge on any atom is 0.230 e. The van der Waals surface area contributed by atoms with Crippen molar-refractivity contribution < 1.29 is 9.59 Å². The van der Waals surface area contributed by atoms with E-state index in [4.69, 9.17) is 0 Å². The summed E-state index contributed by atoms with van der Waals surface area (Å²) in [5, 5.41) is 8.67. The summed E-state index contributed by atoms with van der Waals surface area (Å²) in [5.41, 5.74) is 2.46. The minimum Gasteiger partial charge on any atom is -0.326 e. The molecule has 2 amide bonds. The van der Waals surface area contributed by atoms with Crippen molar-refractivity contribution in [2.24, 2.45) is 5.92 Å². The van der Waals surface area contributed by atoms with Crippen LogP contribution in [-0.2, 0) is 9.59 Å². The highest BCUT2D eigenvalue weighted by Gasteiger charge is 2.24. The SMILES string of the molecule is CC(=O)Nc1ccc(NC(=O)C2CNC2)cc1C. The number of hydrogen-bond acceptors (Lipinski definition) is 3. The number of anilines is 2. The van der Waals surface area contributed by atoms with Gasteiger partial charge in [-0.05, 0) is 30.7 Å². The highest BCUT2D eigenvalue weighted by molar-refractivity contribution is 5.94. The molecule has 1 saturated heterocycles. The molecule has 3 N–H and O–H groups in total. The van der Waals surface area contributed by atoms with E-state index in [0.717, 1.165) is 30.0 Å². The second-order valence-corrected chi connectivity index (χ2v) is 4.56. The van der Waals surface area contributed by atoms with E-state index in [1.165, 1.54) is 6.92 Å². The Labute approximate surface area is 106 Å². The zero-order valence-corrected chi connectivity index (χ0v) is 10.5. The van der Waals surface area contributed by atoms with Gasteiger partial charge in [0.05, 0.1) is 5.92 Å². The highest BCUT2D eigenvalue weighted by Crippen LogP contribution is 2.20. The molecule has 1 aromatic rings. The Kier molecular flexibility index (Phi) is 3.62. The van der Waals surface area contributed by atoms with Gasteiger partial charge >= 0.3 is 0 Å². The summed E-state index contributed by atoms with van der Waals surface area (Å²) in [6.07, 6.45) is 0. The van der Waals surface area contributed by atoms with Gasteiger partial charge in [-0.1, -0.05) is 0 Å². The van der Waals surface area contributed by atoms with Gasteiger partial charge in [0.2, 0.25) is 11.8 Å². The number of amides is 2. The van der Waals surface area contributed by atoms with Crippen LogP contribution in [0.15, 0.2) is 18.2 Å². The molecular formula is C13H17N3O2. The lowest BCUT2D eigenvalue weighted by molar-refractivity contribution is -0.121. The molecule has 1 fully saturated rings. The van der Waals surface area contributed by atoms with E-state index >= 15 is 0 Å². The van der Waals surface area contributed by atoms with Crippen LogP contribution in [0.5, 0.6) is 0 Å². The topological polar surface area (TPSA) is 70.2 Å². The molecular weight excluding hydrogens is 230 g/mol. The maximum atomic E-state index is 11.7. The summed E-state index contributed by atoms with van der Waals surface area (Å²) in [5.74, 6) is 0.0104. The van der Waals surface area contributed by atoms with Gasteiger partial charge in [-0.2, -0.15) is 0 Å². The van der Waals surface area contributed by atoms with Crippen LogP contribution in [0, 0.1) is 12.8 Å². The van der Waals surface area contributed by atoms with Crippen LogP contribution in [0.2, 0.25) is 0 Å². The quantitative estimate of drug-likeness (QED) is 0.749. The third-order valence-electron chi connectivity index (χ3n) is 2.96. The van der Waals surface area contributed by atoms with E-state index in [2.05, 4.69) is 16.0 Å². The molecule has 1 aliphatic rings. The summed E-state index contributed by atoms with van der Waals surface area (Å²) >= 11 is 0. The summed E-state index contributed by atoms with van der Waals surface area (Å²) in [6.45, 7) is 4.86. The molecule has 0 radical (unpaired) electrons. The fourth-order valence-corrected chi connectivity index (χ4v) is 1.79. The molecule has 18 heavy (non-hydrogen) atoms. The Balaban J connectivity index is 2.03. The minimum atomic E-state index is -0.101. The average Bonchev–Trinajstić information content (AvgIpc) is 2.18. The summed E-state index contributed by atoms with van der Waals surface area (Å²) in [4.78, 5) is 22.7. The average molecular weight is 247 g/mol. The minimum absolute atomic E-state index is 0.0421. The second kappa shape index (κ2) is 5.18. The molecule has 0 bridgehead atoms. The molecule has 2 rings (SSSR count). The van der Waals surface area contributed by atoms with E-state index in [1.54, 1.807) is 12.1 Å². The first-order chi connectivity index (χ1) is 8.56. The predicted octanol–water partition coefficient (Wildman–Crippen LogP) is 1.11. The lowest BCUT2D eigenvalue weighted by Gasteiger charge is -2.25. The zero-order valence-electron chi connectivity index (χ0n) is 10.5. The molecule has 1 heterocycles. The fourth-order valence-electron chi connectivity index (χ4n) is 1.79. The molecule has 0 spiro atoms. The van der Waals surface area contributed by atoms with Crippen LogP contribution in [0.1, 0.15) is 12.5 Å². The van der Waals surface area contributed by atoms with Crippen LogP contribution >= 0.6 is 0 Å². The summed E-state index contributed by atoms with van der Waals surface area (Å²) < 4.78 is 0. The largest absolute Gasteiger partial charge is 0.326 e. The first-order valence-corrected chi connectivity index (χ1v) is 5.96. The van der Waals surface area contributed by atoms with Gasteiger partial charge < -0.3 is 16.0 Å². The van der Waals surface area contributed by atoms with E-state index in [-0.39, 0.29) is 17.7 Å². The van der Waals surface area contributed by atoms with Crippen molar-refractivity contribution >= 4 is 23.2 Å². The van der Waals surface area contributed by atoms with E-state index in [1.807, 2.05) is 13.0 Å². The first kappa shape index (κ1) is 12.6. The van der Waals surface area contributed by atoms with E-state index in [0.29, 0.717) is 0 Å². The molecule has 5 heteroatoms. The Bertz CT molecular complexity index is 481. The monoisotopic (exact) mass is 247 g/mol. The van der Waals surface area contributed by atoms with Crippen LogP contribution in [-0.4, -0.2) is 24.9 Å². The Morgan fingerprint density at radius 2 is 2.00 bits per heavy atom. The Hall–Kier alpha value is -1.88. The van der Waals surface area contributed by atoms with Gasteiger partial charge in [0, 0.05) is 31.4 Å². The molecule has 1 aromatic carbocycles. The van der Waals surface area contributed by atoms with Crippen molar-refractivity contribution in [2.45, 2.75) is 13.8 Å². The molecule has 0 saturated carbocycles. The number of hydrogen-bond donors (Lipinski definition) is 3. The maximum absolute atomic E-state index is 11.7. The number of aryl methyl sites for hydroxylation is 1. The number of carbonyl (C=O) groups excluding carboxylic acids is 2. The number of rotatable bonds is 3. The number of nitrogens with one attached hydrogen (secondary N) is 3. The number of carbonyl (C=O) groups is 2. The standard InChI is InChI=1S/C13H17N3O2/c1-8-5-11(3-4-12(8)15-9(2)17)16-13(18)10-6-14-7-10/h3-5,10,14H,6-7H2,1-2H3,(H,15,17)(H,16,18). The van der Waals surface area contributed by atoms with Gasteiger partial charge in [0.25, 0.3) is 0 Å². The Morgan fingerprint density at radius 3 is 2.50 bits per heavy atom. The normalized spacial score (nSPS) is 14.8. The zero-order chi connectivity index (χ0) is 13.1.